The maximum absolute atomic E-state index is 12.9. The Hall–Kier alpha value is -0.950. The molecule has 0 saturated carbocycles. The smallest absolute Gasteiger partial charge is 0.218 e. The lowest BCUT2D eigenvalue weighted by atomic mass is 10.0. The summed E-state index contributed by atoms with van der Waals surface area (Å²) >= 11 is 0. The van der Waals surface area contributed by atoms with E-state index >= 15 is 0 Å². The fourth-order valence-corrected chi connectivity index (χ4v) is 5.29. The Kier molecular flexibility index (Phi) is 5.69. The molecule has 0 aliphatic carbocycles. The summed E-state index contributed by atoms with van der Waals surface area (Å²) in [5.74, 6) is 0.105. The van der Waals surface area contributed by atoms with Crippen molar-refractivity contribution < 1.29 is 13.2 Å². The van der Waals surface area contributed by atoms with Crippen molar-refractivity contribution in [1.82, 2.24) is 9.21 Å². The van der Waals surface area contributed by atoms with Crippen molar-refractivity contribution in [2.75, 3.05) is 39.4 Å². The second kappa shape index (κ2) is 7.75. The first-order valence-corrected chi connectivity index (χ1v) is 10.1. The van der Waals surface area contributed by atoms with Crippen LogP contribution in [0.3, 0.4) is 0 Å². The molecular formula is C17H26N2O3S. The summed E-state index contributed by atoms with van der Waals surface area (Å²) in [6.07, 6.45) is 3.05. The molecule has 0 aromatic heterocycles. The average Bonchev–Trinajstić information content (AvgIpc) is 2.57. The topological polar surface area (TPSA) is 49.9 Å². The molecule has 0 amide bonds. The minimum Gasteiger partial charge on any atom is -0.379 e. The SMILES string of the molecule is O=S(=O)(Cc1ccccc1)N1CCCC[C@@H]1CN1CCOCC1. The van der Waals surface area contributed by atoms with E-state index in [2.05, 4.69) is 4.90 Å². The third kappa shape index (κ3) is 4.53. The van der Waals surface area contributed by atoms with Crippen molar-refractivity contribution in [3.8, 4) is 0 Å². The van der Waals surface area contributed by atoms with Gasteiger partial charge in [0.05, 0.1) is 19.0 Å². The Labute approximate surface area is 139 Å². The zero-order valence-electron chi connectivity index (χ0n) is 13.6. The number of rotatable bonds is 5. The van der Waals surface area contributed by atoms with Gasteiger partial charge in [0.2, 0.25) is 10.0 Å². The van der Waals surface area contributed by atoms with E-state index in [1.807, 2.05) is 30.3 Å². The van der Waals surface area contributed by atoms with E-state index in [1.54, 1.807) is 4.31 Å². The fourth-order valence-electron chi connectivity index (χ4n) is 3.47. The van der Waals surface area contributed by atoms with Crippen LogP contribution >= 0.6 is 0 Å². The van der Waals surface area contributed by atoms with Crippen molar-refractivity contribution in [3.63, 3.8) is 0 Å². The molecule has 0 N–H and O–H groups in total. The molecule has 0 radical (unpaired) electrons. The van der Waals surface area contributed by atoms with Crippen molar-refractivity contribution in [3.05, 3.63) is 35.9 Å². The third-order valence-electron chi connectivity index (χ3n) is 4.69. The molecule has 0 spiro atoms. The first-order chi connectivity index (χ1) is 11.1. The van der Waals surface area contributed by atoms with Crippen LogP contribution in [0.5, 0.6) is 0 Å². The van der Waals surface area contributed by atoms with E-state index in [4.69, 9.17) is 4.74 Å². The highest BCUT2D eigenvalue weighted by Crippen LogP contribution is 2.24. The molecule has 3 rings (SSSR count). The second-order valence-electron chi connectivity index (χ2n) is 6.42. The number of hydrogen-bond donors (Lipinski definition) is 0. The number of morpholine rings is 1. The summed E-state index contributed by atoms with van der Waals surface area (Å²) < 4.78 is 32.9. The number of nitrogens with zero attached hydrogens (tertiary/aromatic N) is 2. The molecule has 23 heavy (non-hydrogen) atoms. The van der Waals surface area contributed by atoms with Crippen molar-refractivity contribution >= 4 is 10.0 Å². The third-order valence-corrected chi connectivity index (χ3v) is 6.59. The highest BCUT2D eigenvalue weighted by molar-refractivity contribution is 7.88. The predicted octanol–water partition coefficient (Wildman–Crippen LogP) is 1.70. The van der Waals surface area contributed by atoms with Gasteiger partial charge in [-0.05, 0) is 18.4 Å². The molecule has 6 heteroatoms. The lowest BCUT2D eigenvalue weighted by Crippen LogP contribution is -2.51. The van der Waals surface area contributed by atoms with Crippen LogP contribution < -0.4 is 0 Å². The van der Waals surface area contributed by atoms with E-state index < -0.39 is 10.0 Å². The van der Waals surface area contributed by atoms with Crippen LogP contribution in [0, 0.1) is 0 Å². The number of sulfonamides is 1. The maximum Gasteiger partial charge on any atom is 0.218 e. The summed E-state index contributed by atoms with van der Waals surface area (Å²) in [7, 11) is -3.26. The molecular weight excluding hydrogens is 312 g/mol. The van der Waals surface area contributed by atoms with Gasteiger partial charge in [0, 0.05) is 32.2 Å². The van der Waals surface area contributed by atoms with Gasteiger partial charge in [-0.25, -0.2) is 8.42 Å². The monoisotopic (exact) mass is 338 g/mol. The van der Waals surface area contributed by atoms with Crippen LogP contribution in [0.1, 0.15) is 24.8 Å². The van der Waals surface area contributed by atoms with Gasteiger partial charge in [0.15, 0.2) is 0 Å². The summed E-state index contributed by atoms with van der Waals surface area (Å²) in [4.78, 5) is 2.34. The first-order valence-electron chi connectivity index (χ1n) is 8.49. The summed E-state index contributed by atoms with van der Waals surface area (Å²) in [5, 5.41) is 0. The van der Waals surface area contributed by atoms with Crippen LogP contribution in [-0.2, 0) is 20.5 Å². The van der Waals surface area contributed by atoms with Gasteiger partial charge in [-0.15, -0.1) is 0 Å². The zero-order valence-corrected chi connectivity index (χ0v) is 14.4. The van der Waals surface area contributed by atoms with Crippen LogP contribution in [0.15, 0.2) is 30.3 Å². The number of piperidine rings is 1. The molecule has 2 aliphatic rings. The molecule has 1 atom stereocenters. The van der Waals surface area contributed by atoms with Crippen LogP contribution in [0.2, 0.25) is 0 Å². The molecule has 2 fully saturated rings. The van der Waals surface area contributed by atoms with E-state index in [1.165, 1.54) is 0 Å². The molecule has 128 valence electrons. The molecule has 2 aliphatic heterocycles. The van der Waals surface area contributed by atoms with Gasteiger partial charge in [-0.1, -0.05) is 36.8 Å². The summed E-state index contributed by atoms with van der Waals surface area (Å²) in [5.41, 5.74) is 0.864. The fraction of sp³-hybridized carbons (Fsp3) is 0.647. The minimum atomic E-state index is -3.26. The molecule has 5 nitrogen and oxygen atoms in total. The van der Waals surface area contributed by atoms with Crippen LogP contribution in [-0.4, -0.2) is 63.1 Å². The molecule has 1 aromatic carbocycles. The quantitative estimate of drug-likeness (QED) is 0.820. The van der Waals surface area contributed by atoms with Crippen molar-refractivity contribution in [2.24, 2.45) is 0 Å². The van der Waals surface area contributed by atoms with Crippen molar-refractivity contribution in [2.45, 2.75) is 31.1 Å². The Morgan fingerprint density at radius 3 is 2.52 bits per heavy atom. The standard InChI is InChI=1S/C17H26N2O3S/c20-23(21,15-16-6-2-1-3-7-16)19-9-5-4-8-17(19)14-18-10-12-22-13-11-18/h1-3,6-7,17H,4-5,8-15H2/t17-/m1/s1. The Balaban J connectivity index is 1.69. The lowest BCUT2D eigenvalue weighted by molar-refractivity contribution is 0.0262. The summed E-state index contributed by atoms with van der Waals surface area (Å²) in [6, 6.07) is 9.59. The van der Waals surface area contributed by atoms with Gasteiger partial charge in [0.25, 0.3) is 0 Å². The van der Waals surface area contributed by atoms with Gasteiger partial charge in [0.1, 0.15) is 0 Å². The van der Waals surface area contributed by atoms with E-state index in [-0.39, 0.29) is 11.8 Å². The zero-order chi connectivity index (χ0) is 16.1. The van der Waals surface area contributed by atoms with E-state index in [9.17, 15) is 8.42 Å². The summed E-state index contributed by atoms with van der Waals surface area (Å²) in [6.45, 7) is 4.81. The molecule has 2 heterocycles. The lowest BCUT2D eigenvalue weighted by Gasteiger charge is -2.38. The predicted molar refractivity (Wildman–Crippen MR) is 90.7 cm³/mol. The van der Waals surface area contributed by atoms with Gasteiger partial charge in [-0.3, -0.25) is 4.90 Å². The number of hydrogen-bond acceptors (Lipinski definition) is 4. The Morgan fingerprint density at radius 2 is 1.78 bits per heavy atom. The molecule has 1 aromatic rings. The van der Waals surface area contributed by atoms with E-state index in [0.29, 0.717) is 6.54 Å². The largest absolute Gasteiger partial charge is 0.379 e. The highest BCUT2D eigenvalue weighted by Gasteiger charge is 2.33. The Morgan fingerprint density at radius 1 is 1.04 bits per heavy atom. The molecule has 2 saturated heterocycles. The number of benzene rings is 1. The maximum atomic E-state index is 12.9. The normalized spacial score (nSPS) is 24.6. The van der Waals surface area contributed by atoms with E-state index in [0.717, 1.165) is 57.7 Å². The minimum absolute atomic E-state index is 0.105. The second-order valence-corrected chi connectivity index (χ2v) is 8.34. The highest BCUT2D eigenvalue weighted by atomic mass is 32.2. The van der Waals surface area contributed by atoms with Crippen LogP contribution in [0.25, 0.3) is 0 Å². The molecule has 0 bridgehead atoms. The average molecular weight is 338 g/mol. The number of ether oxygens (including phenoxy) is 1. The molecule has 0 unspecified atom stereocenters. The van der Waals surface area contributed by atoms with Crippen LogP contribution in [0.4, 0.5) is 0 Å². The van der Waals surface area contributed by atoms with Gasteiger partial charge in [-0.2, -0.15) is 4.31 Å². The van der Waals surface area contributed by atoms with Crippen molar-refractivity contribution in [1.29, 1.82) is 0 Å². The Bertz CT molecular complexity index is 585. The van der Waals surface area contributed by atoms with Gasteiger partial charge >= 0.3 is 0 Å². The first kappa shape index (κ1) is 16.9. The van der Waals surface area contributed by atoms with Gasteiger partial charge < -0.3 is 4.74 Å².